The van der Waals surface area contributed by atoms with Gasteiger partial charge in [0.15, 0.2) is 5.96 Å². The van der Waals surface area contributed by atoms with Crippen molar-refractivity contribution in [3.63, 3.8) is 0 Å². The molecule has 0 spiro atoms. The number of amides is 5. The minimum Gasteiger partial charge on any atom is -0.475 e. The first kappa shape index (κ1) is 51.1. The molecule has 0 saturated heterocycles. The van der Waals surface area contributed by atoms with Gasteiger partial charge in [0, 0.05) is 13.0 Å². The van der Waals surface area contributed by atoms with E-state index in [4.69, 9.17) is 37.6 Å². The van der Waals surface area contributed by atoms with Crippen molar-refractivity contribution in [3.05, 3.63) is 35.4 Å². The van der Waals surface area contributed by atoms with Crippen LogP contribution in [0.1, 0.15) is 101 Å². The number of nitrogens with two attached hydrogens (primary N) is 4. The fourth-order valence-corrected chi connectivity index (χ4v) is 6.75. The van der Waals surface area contributed by atoms with Gasteiger partial charge in [0.2, 0.25) is 29.5 Å². The Morgan fingerprint density at radius 1 is 0.750 bits per heavy atom. The van der Waals surface area contributed by atoms with Gasteiger partial charge in [0.25, 0.3) is 0 Å². The van der Waals surface area contributed by atoms with Gasteiger partial charge in [-0.1, -0.05) is 56.4 Å². The van der Waals surface area contributed by atoms with Crippen LogP contribution in [0, 0.1) is 5.92 Å². The average Bonchev–Trinajstić information content (AvgIpc) is 3.20. The van der Waals surface area contributed by atoms with Gasteiger partial charge in [-0.15, -0.1) is 0 Å². The third-order valence-corrected chi connectivity index (χ3v) is 9.96. The summed E-state index contributed by atoms with van der Waals surface area (Å²) >= 11 is 0. The Morgan fingerprint density at radius 3 is 1.92 bits per heavy atom. The van der Waals surface area contributed by atoms with Crippen molar-refractivity contribution >= 4 is 41.5 Å². The number of hydrogen-bond acceptors (Lipinski definition) is 10. The maximum atomic E-state index is 13.6. The van der Waals surface area contributed by atoms with Gasteiger partial charge in [-0.05, 0) is 81.5 Å². The zero-order valence-corrected chi connectivity index (χ0v) is 34.0. The van der Waals surface area contributed by atoms with E-state index in [9.17, 15) is 37.1 Å². The van der Waals surface area contributed by atoms with Crippen LogP contribution in [-0.4, -0.2) is 103 Å². The molecule has 0 radical (unpaired) electrons. The first-order chi connectivity index (χ1) is 28.5. The van der Waals surface area contributed by atoms with Crippen LogP contribution in [0.2, 0.25) is 0 Å². The molecule has 18 nitrogen and oxygen atoms in total. The van der Waals surface area contributed by atoms with Crippen molar-refractivity contribution in [1.29, 1.82) is 0 Å². The lowest BCUT2D eigenvalue weighted by Gasteiger charge is -2.25. The zero-order chi connectivity index (χ0) is 44.5. The lowest BCUT2D eigenvalue weighted by atomic mass is 9.85. The van der Waals surface area contributed by atoms with E-state index in [-0.39, 0.29) is 50.5 Å². The topological polar surface area (TPSA) is 308 Å². The number of carboxylic acid groups (broad SMARTS) is 1. The number of nitrogens with zero attached hydrogens (tertiary/aromatic N) is 1. The average molecular weight is 857 g/mol. The maximum absolute atomic E-state index is 13.6. The van der Waals surface area contributed by atoms with E-state index >= 15 is 0 Å². The number of benzene rings is 1. The number of carbonyl (C=O) groups is 6. The number of carbonyl (C=O) groups excluding carboxylic acids is 5. The van der Waals surface area contributed by atoms with Crippen LogP contribution in [0.3, 0.4) is 0 Å². The molecular formula is C39H63F3N10O8. The molecule has 1 aromatic rings. The fraction of sp³-hybridized carbons (Fsp3) is 0.667. The number of nitrogens with one attached hydrogen (secondary N) is 5. The van der Waals surface area contributed by atoms with Crippen LogP contribution >= 0.6 is 0 Å². The number of carboxylic acids is 1. The molecule has 1 aliphatic heterocycles. The number of alkyl halides is 3. The second-order valence-electron chi connectivity index (χ2n) is 14.9. The molecule has 1 fully saturated rings. The van der Waals surface area contributed by atoms with E-state index in [0.29, 0.717) is 69.5 Å². The number of fused-ring (bicyclic) bond motifs is 2. The fourth-order valence-electron chi connectivity index (χ4n) is 6.75. The third kappa shape index (κ3) is 20.8. The molecule has 1 heterocycles. The first-order valence-corrected chi connectivity index (χ1v) is 20.4. The summed E-state index contributed by atoms with van der Waals surface area (Å²) < 4.78 is 37.4. The number of rotatable bonds is 12. The summed E-state index contributed by atoms with van der Waals surface area (Å²) in [5, 5.41) is 21.3. The van der Waals surface area contributed by atoms with Gasteiger partial charge in [-0.25, -0.2) is 9.79 Å². The summed E-state index contributed by atoms with van der Waals surface area (Å²) in [5.74, 6) is -4.74. The second-order valence-corrected chi connectivity index (χ2v) is 14.9. The monoisotopic (exact) mass is 856 g/mol. The Morgan fingerprint density at radius 2 is 1.32 bits per heavy atom. The SMILES string of the molecule is NCCCC[C@@H]1NC(=O)Cc2cccc(c2)CNC(=O)[C@@H](CCC2CCCCC2)NC(=O)[C@H](N=C(N)N)CCOCNC(=O)[C@H](CCCCN)NC1=O.O=C(O)C(F)(F)F. The minimum atomic E-state index is -5.08. The molecule has 21 heteroatoms. The molecule has 338 valence electrons. The molecular weight excluding hydrogens is 793 g/mol. The van der Waals surface area contributed by atoms with E-state index in [2.05, 4.69) is 31.6 Å². The van der Waals surface area contributed by atoms with Crippen LogP contribution < -0.4 is 49.5 Å². The third-order valence-electron chi connectivity index (χ3n) is 9.96. The Balaban J connectivity index is 0.00000162. The van der Waals surface area contributed by atoms with Crippen LogP contribution in [0.4, 0.5) is 13.2 Å². The van der Waals surface area contributed by atoms with Crippen LogP contribution in [0.5, 0.6) is 0 Å². The summed E-state index contributed by atoms with van der Waals surface area (Å²) in [5.41, 5.74) is 24.2. The number of ether oxygens (including phenoxy) is 1. The number of aliphatic carboxylic acids is 1. The standard InChI is InChI=1S/C37H62N10O6.C2HF3O2/c38-18-6-4-13-28-34(50)43-24-53-20-17-31(47-37(40)41)36(52)46-30(16-15-25-9-2-1-3-10-25)33(49)42-23-27-12-8-11-26(21-27)22-32(48)44-29(35(51)45-28)14-5-7-19-39;3-2(4,5)1(6)7/h8,11-12,21,25,28-31H,1-7,9-10,13-20,22-24,38-39H2,(H,42,49)(H,43,50)(H,44,48)(H,45,51)(H,46,52)(H4,40,41,47);(H,6,7)/t28-,29-,30+,31+;/m0./s1. The van der Waals surface area contributed by atoms with E-state index in [1.54, 1.807) is 12.1 Å². The first-order valence-electron chi connectivity index (χ1n) is 20.4. The molecule has 1 aromatic carbocycles. The van der Waals surface area contributed by atoms with E-state index in [1.807, 2.05) is 12.1 Å². The minimum absolute atomic E-state index is 0.00384. The highest BCUT2D eigenvalue weighted by molar-refractivity contribution is 5.93. The molecule has 1 saturated carbocycles. The maximum Gasteiger partial charge on any atom is 0.490 e. The summed E-state index contributed by atoms with van der Waals surface area (Å²) in [6.45, 7) is 0.837. The van der Waals surface area contributed by atoms with Crippen LogP contribution in [0.25, 0.3) is 0 Å². The van der Waals surface area contributed by atoms with Crippen LogP contribution in [-0.2, 0) is 46.5 Å². The summed E-state index contributed by atoms with van der Waals surface area (Å²) in [4.78, 5) is 80.2. The molecule has 3 rings (SSSR count). The number of aliphatic imine (C=N–C) groups is 1. The van der Waals surface area contributed by atoms with Gasteiger partial charge in [-0.3, -0.25) is 24.0 Å². The molecule has 4 atom stereocenters. The highest BCUT2D eigenvalue weighted by Crippen LogP contribution is 2.28. The zero-order valence-electron chi connectivity index (χ0n) is 34.0. The van der Waals surface area contributed by atoms with Crippen molar-refractivity contribution in [2.24, 2.45) is 33.8 Å². The van der Waals surface area contributed by atoms with E-state index in [1.165, 1.54) is 6.42 Å². The van der Waals surface area contributed by atoms with Gasteiger partial charge in [-0.2, -0.15) is 13.2 Å². The number of unbranched alkanes of at least 4 members (excludes halogenated alkanes) is 2. The van der Waals surface area contributed by atoms with Crippen molar-refractivity contribution < 1.29 is 51.8 Å². The van der Waals surface area contributed by atoms with Crippen molar-refractivity contribution in [2.45, 2.75) is 133 Å². The smallest absolute Gasteiger partial charge is 0.475 e. The molecule has 0 aromatic heterocycles. The van der Waals surface area contributed by atoms with Gasteiger partial charge < -0.3 is 59.4 Å². The number of halogens is 3. The Bertz CT molecular complexity index is 1560. The largest absolute Gasteiger partial charge is 0.490 e. The van der Waals surface area contributed by atoms with Crippen LogP contribution in [0.15, 0.2) is 29.3 Å². The summed E-state index contributed by atoms with van der Waals surface area (Å²) in [6, 6.07) is 3.60. The lowest BCUT2D eigenvalue weighted by Crippen LogP contribution is -2.54. The molecule has 2 bridgehead atoms. The quantitative estimate of drug-likeness (QED) is 0.0789. The Hall–Kier alpha value is -5.02. The molecule has 60 heavy (non-hydrogen) atoms. The van der Waals surface area contributed by atoms with Crippen molar-refractivity contribution in [1.82, 2.24) is 26.6 Å². The highest BCUT2D eigenvalue weighted by atomic mass is 19.4. The van der Waals surface area contributed by atoms with Gasteiger partial charge in [0.05, 0.1) is 13.0 Å². The molecule has 2 aliphatic rings. The van der Waals surface area contributed by atoms with E-state index in [0.717, 1.165) is 37.7 Å². The van der Waals surface area contributed by atoms with E-state index < -0.39 is 54.0 Å². The molecule has 0 unspecified atom stereocenters. The molecule has 14 N–H and O–H groups in total. The normalized spacial score (nSPS) is 22.1. The number of hydrogen-bond donors (Lipinski definition) is 10. The molecule has 1 aliphatic carbocycles. The molecule has 5 amide bonds. The van der Waals surface area contributed by atoms with Gasteiger partial charge >= 0.3 is 12.1 Å². The predicted octanol–water partition coefficient (Wildman–Crippen LogP) is 0.688. The van der Waals surface area contributed by atoms with Crippen molar-refractivity contribution in [3.8, 4) is 0 Å². The highest BCUT2D eigenvalue weighted by Gasteiger charge is 2.38. The predicted molar refractivity (Wildman–Crippen MR) is 216 cm³/mol. The number of guanidine groups is 1. The summed E-state index contributed by atoms with van der Waals surface area (Å²) in [6.07, 6.45) is 5.12. The summed E-state index contributed by atoms with van der Waals surface area (Å²) in [7, 11) is 0. The van der Waals surface area contributed by atoms with Gasteiger partial charge in [0.1, 0.15) is 30.9 Å². The lowest BCUT2D eigenvalue weighted by molar-refractivity contribution is -0.192. The second kappa shape index (κ2) is 27.7. The Kier molecular flexibility index (Phi) is 23.6. The Labute approximate surface area is 348 Å². The van der Waals surface area contributed by atoms with Crippen molar-refractivity contribution in [2.75, 3.05) is 26.4 Å².